The third-order valence-corrected chi connectivity index (χ3v) is 2.83. The Hall–Kier alpha value is -0.980. The molecule has 0 saturated carbocycles. The van der Waals surface area contributed by atoms with Crippen LogP contribution in [0.4, 0.5) is 5.69 Å². The first-order valence-electron chi connectivity index (χ1n) is 5.74. The zero-order valence-corrected chi connectivity index (χ0v) is 10.8. The van der Waals surface area contributed by atoms with Crippen molar-refractivity contribution < 1.29 is 0 Å². The molecule has 84 valence electrons. The smallest absolute Gasteiger partial charge is 0.0364 e. The first-order chi connectivity index (χ1) is 6.93. The molecular weight excluding hydrogens is 182 g/mol. The first-order valence-corrected chi connectivity index (χ1v) is 5.74. The summed E-state index contributed by atoms with van der Waals surface area (Å²) in [5, 5.41) is 0. The Kier molecular flexibility index (Phi) is 3.78. The van der Waals surface area contributed by atoms with Gasteiger partial charge in [-0.3, -0.25) is 0 Å². The molecule has 0 heterocycles. The molecule has 0 aliphatic rings. The zero-order chi connectivity index (χ0) is 11.6. The van der Waals surface area contributed by atoms with E-state index in [0.717, 1.165) is 0 Å². The summed E-state index contributed by atoms with van der Waals surface area (Å²) in [5.41, 5.74) is 4.26. The first kappa shape index (κ1) is 12.1. The van der Waals surface area contributed by atoms with Crippen molar-refractivity contribution in [1.29, 1.82) is 0 Å². The number of benzene rings is 1. The molecule has 0 spiro atoms. The minimum atomic E-state index is 0.599. The number of hydrogen-bond donors (Lipinski definition) is 0. The fourth-order valence-corrected chi connectivity index (χ4v) is 1.87. The lowest BCUT2D eigenvalue weighted by atomic mass is 9.90. The van der Waals surface area contributed by atoms with Gasteiger partial charge in [0.15, 0.2) is 0 Å². The molecule has 1 heteroatoms. The second-order valence-corrected chi connectivity index (χ2v) is 5.02. The van der Waals surface area contributed by atoms with Crippen molar-refractivity contribution in [1.82, 2.24) is 0 Å². The van der Waals surface area contributed by atoms with Crippen LogP contribution < -0.4 is 4.90 Å². The van der Waals surface area contributed by atoms with Gasteiger partial charge in [-0.1, -0.05) is 33.8 Å². The molecule has 0 unspecified atom stereocenters. The standard InChI is InChI=1S/C14H23N/c1-10(2)13-8-7-12(15(5)6)9-14(13)11(3)4/h7-11H,1-6H3. The van der Waals surface area contributed by atoms with E-state index in [2.05, 4.69) is 64.9 Å². The van der Waals surface area contributed by atoms with Crippen LogP contribution in [-0.2, 0) is 0 Å². The molecule has 15 heavy (non-hydrogen) atoms. The Balaban J connectivity index is 3.21. The fraction of sp³-hybridized carbons (Fsp3) is 0.571. The van der Waals surface area contributed by atoms with Gasteiger partial charge in [-0.25, -0.2) is 0 Å². The molecule has 0 aliphatic heterocycles. The monoisotopic (exact) mass is 205 g/mol. The largest absolute Gasteiger partial charge is 0.378 e. The Morgan fingerprint density at radius 1 is 0.867 bits per heavy atom. The van der Waals surface area contributed by atoms with Gasteiger partial charge in [-0.15, -0.1) is 0 Å². The van der Waals surface area contributed by atoms with Crippen LogP contribution >= 0.6 is 0 Å². The topological polar surface area (TPSA) is 3.24 Å². The van der Waals surface area contributed by atoms with Crippen LogP contribution in [-0.4, -0.2) is 14.1 Å². The summed E-state index contributed by atoms with van der Waals surface area (Å²) in [4.78, 5) is 2.16. The van der Waals surface area contributed by atoms with E-state index >= 15 is 0 Å². The van der Waals surface area contributed by atoms with E-state index in [-0.39, 0.29) is 0 Å². The molecule has 0 N–H and O–H groups in total. The van der Waals surface area contributed by atoms with E-state index in [4.69, 9.17) is 0 Å². The molecule has 1 nitrogen and oxygen atoms in total. The van der Waals surface area contributed by atoms with Crippen molar-refractivity contribution >= 4 is 5.69 Å². The summed E-state index contributed by atoms with van der Waals surface area (Å²) in [6.45, 7) is 9.05. The summed E-state index contributed by atoms with van der Waals surface area (Å²) in [6, 6.07) is 6.80. The van der Waals surface area contributed by atoms with Crippen molar-refractivity contribution in [2.75, 3.05) is 19.0 Å². The molecule has 0 amide bonds. The number of nitrogens with zero attached hydrogens (tertiary/aromatic N) is 1. The van der Waals surface area contributed by atoms with Crippen molar-refractivity contribution in [2.45, 2.75) is 39.5 Å². The average molecular weight is 205 g/mol. The quantitative estimate of drug-likeness (QED) is 0.721. The van der Waals surface area contributed by atoms with Crippen molar-refractivity contribution in [2.24, 2.45) is 0 Å². The lowest BCUT2D eigenvalue weighted by molar-refractivity contribution is 0.789. The van der Waals surface area contributed by atoms with Crippen LogP contribution in [0.15, 0.2) is 18.2 Å². The third-order valence-electron chi connectivity index (χ3n) is 2.83. The molecule has 1 rings (SSSR count). The van der Waals surface area contributed by atoms with Crippen molar-refractivity contribution in [3.63, 3.8) is 0 Å². The van der Waals surface area contributed by atoms with Gasteiger partial charge in [-0.05, 0) is 35.1 Å². The van der Waals surface area contributed by atoms with Gasteiger partial charge >= 0.3 is 0 Å². The highest BCUT2D eigenvalue weighted by molar-refractivity contribution is 5.51. The van der Waals surface area contributed by atoms with Crippen molar-refractivity contribution in [3.8, 4) is 0 Å². The summed E-state index contributed by atoms with van der Waals surface area (Å²) < 4.78 is 0. The molecule has 0 aliphatic carbocycles. The summed E-state index contributed by atoms with van der Waals surface area (Å²) in [5.74, 6) is 1.21. The van der Waals surface area contributed by atoms with Gasteiger partial charge in [0.2, 0.25) is 0 Å². The molecule has 0 fully saturated rings. The minimum absolute atomic E-state index is 0.599. The van der Waals surface area contributed by atoms with E-state index < -0.39 is 0 Å². The van der Waals surface area contributed by atoms with Crippen LogP contribution in [0.2, 0.25) is 0 Å². The van der Waals surface area contributed by atoms with E-state index in [0.29, 0.717) is 11.8 Å². The molecular formula is C14H23N. The molecule has 1 aromatic carbocycles. The predicted molar refractivity (Wildman–Crippen MR) is 68.9 cm³/mol. The Labute approximate surface area is 94.1 Å². The van der Waals surface area contributed by atoms with Crippen LogP contribution in [0.3, 0.4) is 0 Å². The molecule has 0 radical (unpaired) electrons. The maximum absolute atomic E-state index is 2.32. The number of hydrogen-bond acceptors (Lipinski definition) is 1. The predicted octanol–water partition coefficient (Wildman–Crippen LogP) is 4.00. The maximum atomic E-state index is 2.32. The third kappa shape index (κ3) is 2.74. The number of anilines is 1. The van der Waals surface area contributed by atoms with Crippen molar-refractivity contribution in [3.05, 3.63) is 29.3 Å². The lowest BCUT2D eigenvalue weighted by Gasteiger charge is -2.20. The van der Waals surface area contributed by atoms with Gasteiger partial charge in [0.1, 0.15) is 0 Å². The van der Waals surface area contributed by atoms with Crippen LogP contribution in [0.5, 0.6) is 0 Å². The van der Waals surface area contributed by atoms with Crippen LogP contribution in [0, 0.1) is 0 Å². The van der Waals surface area contributed by atoms with Crippen LogP contribution in [0.25, 0.3) is 0 Å². The molecule has 0 aromatic heterocycles. The van der Waals surface area contributed by atoms with Gasteiger partial charge in [0, 0.05) is 19.8 Å². The van der Waals surface area contributed by atoms with E-state index in [9.17, 15) is 0 Å². The van der Waals surface area contributed by atoms with E-state index in [1.807, 2.05) is 0 Å². The normalized spacial score (nSPS) is 11.2. The molecule has 0 bridgehead atoms. The highest BCUT2D eigenvalue weighted by atomic mass is 15.1. The molecule has 0 atom stereocenters. The second kappa shape index (κ2) is 4.69. The number of rotatable bonds is 3. The Bertz CT molecular complexity index is 324. The minimum Gasteiger partial charge on any atom is -0.378 e. The summed E-state index contributed by atoms with van der Waals surface area (Å²) in [7, 11) is 4.18. The Morgan fingerprint density at radius 3 is 1.80 bits per heavy atom. The lowest BCUT2D eigenvalue weighted by Crippen LogP contribution is -2.10. The highest BCUT2D eigenvalue weighted by Crippen LogP contribution is 2.29. The average Bonchev–Trinajstić information content (AvgIpc) is 2.16. The van der Waals surface area contributed by atoms with Gasteiger partial charge < -0.3 is 4.90 Å². The second-order valence-electron chi connectivity index (χ2n) is 5.02. The zero-order valence-electron chi connectivity index (χ0n) is 10.8. The maximum Gasteiger partial charge on any atom is 0.0364 e. The Morgan fingerprint density at radius 2 is 1.40 bits per heavy atom. The summed E-state index contributed by atoms with van der Waals surface area (Å²) >= 11 is 0. The molecule has 1 aromatic rings. The van der Waals surface area contributed by atoms with Gasteiger partial charge in [0.25, 0.3) is 0 Å². The SMILES string of the molecule is CC(C)c1ccc(N(C)C)cc1C(C)C. The molecule has 0 saturated heterocycles. The van der Waals surface area contributed by atoms with Gasteiger partial charge in [-0.2, -0.15) is 0 Å². The van der Waals surface area contributed by atoms with E-state index in [1.54, 1.807) is 0 Å². The van der Waals surface area contributed by atoms with E-state index in [1.165, 1.54) is 16.8 Å². The van der Waals surface area contributed by atoms with Crippen LogP contribution in [0.1, 0.15) is 50.7 Å². The van der Waals surface area contributed by atoms with Gasteiger partial charge in [0.05, 0.1) is 0 Å². The summed E-state index contributed by atoms with van der Waals surface area (Å²) in [6.07, 6.45) is 0. The fourth-order valence-electron chi connectivity index (χ4n) is 1.87. The highest BCUT2D eigenvalue weighted by Gasteiger charge is 2.10.